The predicted molar refractivity (Wildman–Crippen MR) is 71.6 cm³/mol. The van der Waals surface area contributed by atoms with Gasteiger partial charge in [0.15, 0.2) is 5.82 Å². The summed E-state index contributed by atoms with van der Waals surface area (Å²) < 4.78 is 52.8. The number of pyridine rings is 1. The van der Waals surface area contributed by atoms with Gasteiger partial charge in [-0.15, -0.1) is 0 Å². The number of halogens is 2. The van der Waals surface area contributed by atoms with Crippen molar-refractivity contribution in [3.63, 3.8) is 0 Å². The van der Waals surface area contributed by atoms with E-state index in [0.717, 1.165) is 6.20 Å². The normalized spacial score (nSPS) is 11.3. The van der Waals surface area contributed by atoms with Crippen molar-refractivity contribution in [2.45, 2.75) is 12.7 Å². The quantitative estimate of drug-likeness (QED) is 0.944. The number of aryl methyl sites for hydroxylation is 1. The molecular formula is C13H12F2N2O2S. The first-order chi connectivity index (χ1) is 9.37. The summed E-state index contributed by atoms with van der Waals surface area (Å²) in [6.07, 6.45) is 2.15. The van der Waals surface area contributed by atoms with Crippen molar-refractivity contribution >= 4 is 15.7 Å². The van der Waals surface area contributed by atoms with E-state index in [0.29, 0.717) is 5.56 Å². The molecular weight excluding hydrogens is 286 g/mol. The summed E-state index contributed by atoms with van der Waals surface area (Å²) >= 11 is 0. The van der Waals surface area contributed by atoms with Crippen LogP contribution in [0.5, 0.6) is 0 Å². The van der Waals surface area contributed by atoms with Crippen molar-refractivity contribution < 1.29 is 17.2 Å². The number of rotatable bonds is 4. The van der Waals surface area contributed by atoms with E-state index < -0.39 is 27.4 Å². The van der Waals surface area contributed by atoms with Crippen LogP contribution in [0.3, 0.4) is 0 Å². The van der Waals surface area contributed by atoms with Crippen LogP contribution in [-0.2, 0) is 15.8 Å². The van der Waals surface area contributed by atoms with E-state index in [-0.39, 0.29) is 11.3 Å². The molecule has 20 heavy (non-hydrogen) atoms. The van der Waals surface area contributed by atoms with Crippen molar-refractivity contribution in [2.75, 3.05) is 4.72 Å². The standard InChI is InChI=1S/C13H12F2N2O2S/c1-9-2-3-10(11(14)6-9)8-20(18,19)17-13-4-5-16-7-12(13)15/h2-7H,8H2,1H3,(H,16,17). The van der Waals surface area contributed by atoms with E-state index in [4.69, 9.17) is 0 Å². The highest BCUT2D eigenvalue weighted by molar-refractivity contribution is 7.91. The molecule has 0 saturated carbocycles. The number of aromatic nitrogens is 1. The van der Waals surface area contributed by atoms with Crippen LogP contribution in [0.25, 0.3) is 0 Å². The van der Waals surface area contributed by atoms with Gasteiger partial charge in [-0.25, -0.2) is 17.2 Å². The molecule has 0 saturated heterocycles. The topological polar surface area (TPSA) is 59.1 Å². The molecule has 1 aromatic carbocycles. The molecule has 0 radical (unpaired) electrons. The largest absolute Gasteiger partial charge is 0.280 e. The Labute approximate surface area is 115 Å². The summed E-state index contributed by atoms with van der Waals surface area (Å²) in [7, 11) is -3.90. The van der Waals surface area contributed by atoms with E-state index in [1.165, 1.54) is 24.4 Å². The number of sulfonamides is 1. The Bertz CT molecular complexity index is 733. The van der Waals surface area contributed by atoms with E-state index in [9.17, 15) is 17.2 Å². The Morgan fingerprint density at radius 1 is 1.20 bits per heavy atom. The average Bonchev–Trinajstić information content (AvgIpc) is 2.35. The zero-order chi connectivity index (χ0) is 14.8. The molecule has 2 aromatic rings. The fourth-order valence-corrected chi connectivity index (χ4v) is 2.85. The van der Waals surface area contributed by atoms with E-state index >= 15 is 0 Å². The first kappa shape index (κ1) is 14.4. The zero-order valence-corrected chi connectivity index (χ0v) is 11.4. The summed E-state index contributed by atoms with van der Waals surface area (Å²) in [4.78, 5) is 3.51. The molecule has 0 unspecified atom stereocenters. The lowest BCUT2D eigenvalue weighted by Gasteiger charge is -2.09. The number of anilines is 1. The van der Waals surface area contributed by atoms with Crippen LogP contribution in [0.1, 0.15) is 11.1 Å². The molecule has 1 heterocycles. The van der Waals surface area contributed by atoms with E-state index in [1.54, 1.807) is 13.0 Å². The maximum atomic E-state index is 13.6. The van der Waals surface area contributed by atoms with Gasteiger partial charge in [-0.2, -0.15) is 0 Å². The van der Waals surface area contributed by atoms with Gasteiger partial charge in [-0.1, -0.05) is 12.1 Å². The van der Waals surface area contributed by atoms with Crippen molar-refractivity contribution in [3.8, 4) is 0 Å². The van der Waals surface area contributed by atoms with Crippen molar-refractivity contribution in [1.29, 1.82) is 0 Å². The van der Waals surface area contributed by atoms with Gasteiger partial charge in [0.25, 0.3) is 0 Å². The molecule has 7 heteroatoms. The molecule has 1 N–H and O–H groups in total. The molecule has 0 aliphatic carbocycles. The van der Waals surface area contributed by atoms with E-state index in [2.05, 4.69) is 9.71 Å². The molecule has 0 fully saturated rings. The third-order valence-corrected chi connectivity index (χ3v) is 3.81. The first-order valence-electron chi connectivity index (χ1n) is 5.72. The molecule has 0 spiro atoms. The number of hydrogen-bond donors (Lipinski definition) is 1. The van der Waals surface area contributed by atoms with E-state index in [1.807, 2.05) is 0 Å². The molecule has 0 amide bonds. The highest BCUT2D eigenvalue weighted by Gasteiger charge is 2.16. The molecule has 2 rings (SSSR count). The zero-order valence-electron chi connectivity index (χ0n) is 10.6. The average molecular weight is 298 g/mol. The molecule has 0 bridgehead atoms. The smallest absolute Gasteiger partial charge is 0.237 e. The fraction of sp³-hybridized carbons (Fsp3) is 0.154. The van der Waals surface area contributed by atoms with Crippen molar-refractivity contribution in [1.82, 2.24) is 4.98 Å². The van der Waals surface area contributed by atoms with Crippen LogP contribution in [0, 0.1) is 18.6 Å². The third kappa shape index (κ3) is 3.51. The Balaban J connectivity index is 2.22. The Morgan fingerprint density at radius 2 is 1.95 bits per heavy atom. The summed E-state index contributed by atoms with van der Waals surface area (Å²) in [6.45, 7) is 1.70. The third-order valence-electron chi connectivity index (χ3n) is 2.59. The van der Waals surface area contributed by atoms with Crippen LogP contribution in [0.2, 0.25) is 0 Å². The fourth-order valence-electron chi connectivity index (χ4n) is 1.64. The second-order valence-corrected chi connectivity index (χ2v) is 6.03. The number of benzene rings is 1. The van der Waals surface area contributed by atoms with Gasteiger partial charge in [0.1, 0.15) is 5.82 Å². The van der Waals surface area contributed by atoms with Gasteiger partial charge in [0, 0.05) is 11.8 Å². The predicted octanol–water partition coefficient (Wildman–Crippen LogP) is 2.61. The maximum absolute atomic E-state index is 13.6. The number of nitrogens with zero attached hydrogens (tertiary/aromatic N) is 1. The Hall–Kier alpha value is -2.02. The number of hydrogen-bond acceptors (Lipinski definition) is 3. The first-order valence-corrected chi connectivity index (χ1v) is 7.38. The lowest BCUT2D eigenvalue weighted by Crippen LogP contribution is -2.16. The van der Waals surface area contributed by atoms with Gasteiger partial charge in [-0.05, 0) is 24.6 Å². The van der Waals surface area contributed by atoms with Gasteiger partial charge in [-0.3, -0.25) is 9.71 Å². The highest BCUT2D eigenvalue weighted by Crippen LogP contribution is 2.17. The molecule has 0 atom stereocenters. The molecule has 0 aliphatic heterocycles. The van der Waals surface area contributed by atoms with Gasteiger partial charge < -0.3 is 0 Å². The lowest BCUT2D eigenvalue weighted by molar-refractivity contribution is 0.589. The Morgan fingerprint density at radius 3 is 2.60 bits per heavy atom. The Kier molecular flexibility index (Phi) is 3.99. The molecule has 106 valence electrons. The monoisotopic (exact) mass is 298 g/mol. The lowest BCUT2D eigenvalue weighted by atomic mass is 10.2. The summed E-state index contributed by atoms with van der Waals surface area (Å²) in [6, 6.07) is 5.45. The van der Waals surface area contributed by atoms with Gasteiger partial charge in [0.05, 0.1) is 17.6 Å². The van der Waals surface area contributed by atoms with Crippen LogP contribution < -0.4 is 4.72 Å². The minimum atomic E-state index is -3.90. The second-order valence-electron chi connectivity index (χ2n) is 4.31. The van der Waals surface area contributed by atoms with Gasteiger partial charge >= 0.3 is 0 Å². The maximum Gasteiger partial charge on any atom is 0.237 e. The summed E-state index contributed by atoms with van der Waals surface area (Å²) in [5, 5.41) is 0. The molecule has 0 aliphatic rings. The van der Waals surface area contributed by atoms with Crippen LogP contribution >= 0.6 is 0 Å². The van der Waals surface area contributed by atoms with Gasteiger partial charge in [0.2, 0.25) is 10.0 Å². The summed E-state index contributed by atoms with van der Waals surface area (Å²) in [5.41, 5.74) is 0.502. The number of nitrogens with one attached hydrogen (secondary N) is 1. The minimum Gasteiger partial charge on any atom is -0.280 e. The van der Waals surface area contributed by atoms with Crippen molar-refractivity contribution in [3.05, 3.63) is 59.4 Å². The van der Waals surface area contributed by atoms with Crippen LogP contribution in [0.4, 0.5) is 14.5 Å². The molecule has 1 aromatic heterocycles. The second kappa shape index (κ2) is 5.54. The minimum absolute atomic E-state index is 0.0255. The highest BCUT2D eigenvalue weighted by atomic mass is 32.2. The molecule has 4 nitrogen and oxygen atoms in total. The van der Waals surface area contributed by atoms with Crippen molar-refractivity contribution in [2.24, 2.45) is 0 Å². The van der Waals surface area contributed by atoms with Crippen LogP contribution in [-0.4, -0.2) is 13.4 Å². The SMILES string of the molecule is Cc1ccc(CS(=O)(=O)Nc2ccncc2F)c(F)c1. The summed E-state index contributed by atoms with van der Waals surface area (Å²) in [5.74, 6) is -1.97. The van der Waals surface area contributed by atoms with Crippen LogP contribution in [0.15, 0.2) is 36.7 Å².